The molecule has 33 heavy (non-hydrogen) atoms. The molecular weight excluding hydrogens is 413 g/mol. The summed E-state index contributed by atoms with van der Waals surface area (Å²) < 4.78 is 15.7. The molecule has 0 saturated carbocycles. The first-order chi connectivity index (χ1) is 16.1. The molecule has 0 amide bonds. The molecule has 0 spiro atoms. The van der Waals surface area contributed by atoms with E-state index >= 15 is 0 Å². The first kappa shape index (κ1) is 20.2. The lowest BCUT2D eigenvalue weighted by atomic mass is 10.1. The monoisotopic (exact) mass is 431 g/mol. The molecule has 1 N–H and O–H groups in total. The predicted octanol–water partition coefficient (Wildman–Crippen LogP) is 5.95. The quantitative estimate of drug-likeness (QED) is 0.357. The molecule has 0 atom stereocenters. The fraction of sp³-hybridized carbons (Fsp3) is 0.0741. The second kappa shape index (κ2) is 8.11. The van der Waals surface area contributed by atoms with E-state index < -0.39 is 0 Å². The van der Waals surface area contributed by atoms with E-state index in [2.05, 4.69) is 26.7 Å². The summed E-state index contributed by atoms with van der Waals surface area (Å²) in [5.74, 6) is 0.0286. The molecule has 3 aromatic carbocycles. The largest absolute Gasteiger partial charge is 0.340 e. The van der Waals surface area contributed by atoms with Gasteiger partial charge in [-0.05, 0) is 48.9 Å². The van der Waals surface area contributed by atoms with Gasteiger partial charge in [0.05, 0.1) is 28.2 Å². The van der Waals surface area contributed by atoms with Crippen molar-refractivity contribution in [2.45, 2.75) is 13.5 Å². The van der Waals surface area contributed by atoms with Crippen LogP contribution in [0.5, 0.6) is 0 Å². The number of imidazole rings is 1. The summed E-state index contributed by atoms with van der Waals surface area (Å²) in [4.78, 5) is 7.52. The molecule has 0 aliphatic carbocycles. The molecule has 2 aromatic heterocycles. The Morgan fingerprint density at radius 3 is 2.70 bits per heavy atom. The summed E-state index contributed by atoms with van der Waals surface area (Å²) in [6.07, 6.45) is 1.82. The third-order valence-corrected chi connectivity index (χ3v) is 5.85. The van der Waals surface area contributed by atoms with Crippen molar-refractivity contribution in [3.8, 4) is 12.1 Å². The Hall–Kier alpha value is -4.68. The molecule has 0 unspecified atom stereocenters. The van der Waals surface area contributed by atoms with Gasteiger partial charge in [0.25, 0.3) is 0 Å². The number of nitrogens with one attached hydrogen (secondary N) is 1. The van der Waals surface area contributed by atoms with Gasteiger partial charge in [-0.25, -0.2) is 9.37 Å². The number of aromatic nitrogens is 3. The van der Waals surface area contributed by atoms with Gasteiger partial charge >= 0.3 is 0 Å². The molecule has 0 aliphatic heterocycles. The number of hydrogen-bond donors (Lipinski definition) is 1. The van der Waals surface area contributed by atoms with Crippen molar-refractivity contribution in [1.29, 1.82) is 10.5 Å². The van der Waals surface area contributed by atoms with Crippen LogP contribution in [0.15, 0.2) is 66.7 Å². The van der Waals surface area contributed by atoms with E-state index in [1.54, 1.807) is 6.07 Å². The maximum absolute atomic E-state index is 13.6. The summed E-state index contributed by atoms with van der Waals surface area (Å²) in [5, 5.41) is 20.4. The number of nitrogens with zero attached hydrogens (tertiary/aromatic N) is 4. The van der Waals surface area contributed by atoms with Gasteiger partial charge < -0.3 is 9.55 Å². The Morgan fingerprint density at radius 2 is 1.88 bits per heavy atom. The van der Waals surface area contributed by atoms with Gasteiger partial charge in [0, 0.05) is 28.7 Å². The van der Waals surface area contributed by atoms with Gasteiger partial charge in [-0.1, -0.05) is 36.4 Å². The third-order valence-electron chi connectivity index (χ3n) is 5.85. The molecule has 2 heterocycles. The second-order valence-electron chi connectivity index (χ2n) is 7.79. The second-order valence-corrected chi connectivity index (χ2v) is 7.79. The third kappa shape index (κ3) is 3.54. The zero-order valence-electron chi connectivity index (χ0n) is 17.8. The van der Waals surface area contributed by atoms with Gasteiger partial charge in [-0.15, -0.1) is 0 Å². The van der Waals surface area contributed by atoms with Crippen LogP contribution in [0.25, 0.3) is 33.6 Å². The lowest BCUT2D eigenvalue weighted by Gasteiger charge is -2.10. The first-order valence-electron chi connectivity index (χ1n) is 10.4. The van der Waals surface area contributed by atoms with Crippen molar-refractivity contribution < 1.29 is 4.39 Å². The fourth-order valence-corrected chi connectivity index (χ4v) is 4.19. The Labute approximate surface area is 189 Å². The molecule has 0 saturated heterocycles. The van der Waals surface area contributed by atoms with E-state index in [1.807, 2.05) is 61.5 Å². The number of H-pyrrole nitrogens is 1. The Morgan fingerprint density at radius 1 is 1.09 bits per heavy atom. The van der Waals surface area contributed by atoms with Crippen LogP contribution in [0, 0.1) is 35.4 Å². The number of rotatable bonds is 4. The average molecular weight is 431 g/mol. The standard InChI is InChI=1S/C27H18FN5/c1-17-23(12-20(15-30)27-31-24-11-10-21(28)13-25(24)32-27)22-8-4-5-9-26(22)33(17)16-19-7-3-2-6-18(19)14-29/h2-13H,16H2,1H3,(H,31,32)/b20-12-. The lowest BCUT2D eigenvalue weighted by Crippen LogP contribution is -2.03. The minimum Gasteiger partial charge on any atom is -0.340 e. The summed E-state index contributed by atoms with van der Waals surface area (Å²) in [6, 6.07) is 24.3. The van der Waals surface area contributed by atoms with E-state index in [0.717, 1.165) is 27.7 Å². The number of halogens is 1. The summed E-state index contributed by atoms with van der Waals surface area (Å²) in [5.41, 5.74) is 5.95. The molecular formula is C27H18FN5. The van der Waals surface area contributed by atoms with E-state index in [1.165, 1.54) is 12.1 Å². The number of allylic oxidation sites excluding steroid dienone is 1. The zero-order chi connectivity index (χ0) is 22.9. The van der Waals surface area contributed by atoms with E-state index in [4.69, 9.17) is 0 Å². The number of aromatic amines is 1. The number of para-hydroxylation sites is 1. The van der Waals surface area contributed by atoms with E-state index in [-0.39, 0.29) is 5.82 Å². The Kier molecular flexibility index (Phi) is 4.97. The summed E-state index contributed by atoms with van der Waals surface area (Å²) in [7, 11) is 0. The van der Waals surface area contributed by atoms with Crippen molar-refractivity contribution in [2.75, 3.05) is 0 Å². The summed E-state index contributed by atoms with van der Waals surface area (Å²) in [6.45, 7) is 2.54. The van der Waals surface area contributed by atoms with Crippen LogP contribution in [0.2, 0.25) is 0 Å². The first-order valence-corrected chi connectivity index (χ1v) is 10.4. The predicted molar refractivity (Wildman–Crippen MR) is 126 cm³/mol. The lowest BCUT2D eigenvalue weighted by molar-refractivity contribution is 0.629. The van der Waals surface area contributed by atoms with Gasteiger partial charge in [-0.3, -0.25) is 0 Å². The average Bonchev–Trinajstić information content (AvgIpc) is 3.36. The molecule has 5 rings (SSSR count). The number of fused-ring (bicyclic) bond motifs is 2. The highest BCUT2D eigenvalue weighted by Gasteiger charge is 2.16. The van der Waals surface area contributed by atoms with Crippen molar-refractivity contribution in [3.05, 3.63) is 101 Å². The smallest absolute Gasteiger partial charge is 0.149 e. The van der Waals surface area contributed by atoms with Gasteiger partial charge in [0.1, 0.15) is 17.7 Å². The normalized spacial score (nSPS) is 11.6. The molecule has 6 heteroatoms. The fourth-order valence-electron chi connectivity index (χ4n) is 4.19. The van der Waals surface area contributed by atoms with Gasteiger partial charge in [-0.2, -0.15) is 10.5 Å². The van der Waals surface area contributed by atoms with Crippen molar-refractivity contribution in [3.63, 3.8) is 0 Å². The van der Waals surface area contributed by atoms with Crippen LogP contribution in [-0.4, -0.2) is 14.5 Å². The topological polar surface area (TPSA) is 81.2 Å². The Balaban J connectivity index is 1.66. The van der Waals surface area contributed by atoms with Crippen LogP contribution in [0.1, 0.15) is 28.2 Å². The molecule has 158 valence electrons. The highest BCUT2D eigenvalue weighted by atomic mass is 19.1. The molecule has 0 aliphatic rings. The highest BCUT2D eigenvalue weighted by molar-refractivity contribution is 5.99. The minimum absolute atomic E-state index is 0.357. The van der Waals surface area contributed by atoms with Crippen LogP contribution in [0.4, 0.5) is 4.39 Å². The molecule has 5 aromatic rings. The number of hydrogen-bond acceptors (Lipinski definition) is 3. The molecule has 5 nitrogen and oxygen atoms in total. The summed E-state index contributed by atoms with van der Waals surface area (Å²) >= 11 is 0. The van der Waals surface area contributed by atoms with Crippen LogP contribution in [-0.2, 0) is 6.54 Å². The van der Waals surface area contributed by atoms with Gasteiger partial charge in [0.15, 0.2) is 0 Å². The van der Waals surface area contributed by atoms with Crippen molar-refractivity contribution in [1.82, 2.24) is 14.5 Å². The maximum atomic E-state index is 13.6. The SMILES string of the molecule is Cc1c(/C=C(/C#N)c2nc3ccc(F)cc3[nH]2)c2ccccc2n1Cc1ccccc1C#N. The van der Waals surface area contributed by atoms with Crippen LogP contribution < -0.4 is 0 Å². The van der Waals surface area contributed by atoms with E-state index in [0.29, 0.717) is 34.5 Å². The van der Waals surface area contributed by atoms with Crippen LogP contribution in [0.3, 0.4) is 0 Å². The van der Waals surface area contributed by atoms with Crippen molar-refractivity contribution >= 4 is 33.6 Å². The van der Waals surface area contributed by atoms with Crippen LogP contribution >= 0.6 is 0 Å². The Bertz CT molecular complexity index is 1640. The molecule has 0 fully saturated rings. The molecule has 0 bridgehead atoms. The maximum Gasteiger partial charge on any atom is 0.149 e. The number of nitriles is 2. The number of benzene rings is 3. The van der Waals surface area contributed by atoms with Crippen molar-refractivity contribution in [2.24, 2.45) is 0 Å². The zero-order valence-corrected chi connectivity index (χ0v) is 17.8. The van der Waals surface area contributed by atoms with E-state index in [9.17, 15) is 14.9 Å². The minimum atomic E-state index is -0.364. The van der Waals surface area contributed by atoms with Gasteiger partial charge in [0.2, 0.25) is 0 Å². The highest BCUT2D eigenvalue weighted by Crippen LogP contribution is 2.31. The molecule has 0 radical (unpaired) electrons.